The van der Waals surface area contributed by atoms with Gasteiger partial charge in [-0.3, -0.25) is 0 Å². The largest absolute Gasteiger partial charge is 0.434 e. The molecule has 0 saturated carbocycles. The second-order valence-corrected chi connectivity index (χ2v) is 4.19. The van der Waals surface area contributed by atoms with Crippen molar-refractivity contribution in [2.45, 2.75) is 31.8 Å². The van der Waals surface area contributed by atoms with Crippen molar-refractivity contribution in [2.75, 3.05) is 13.1 Å². The molecule has 0 N–H and O–H groups in total. The number of ether oxygens (including phenoxy) is 1. The van der Waals surface area contributed by atoms with Crippen molar-refractivity contribution in [3.8, 4) is 0 Å². The van der Waals surface area contributed by atoms with Crippen molar-refractivity contribution >= 4 is 6.09 Å². The molecule has 18 heavy (non-hydrogen) atoms. The summed E-state index contributed by atoms with van der Waals surface area (Å²) in [5.74, 6) is 0.0350. The Morgan fingerprint density at radius 2 is 1.72 bits per heavy atom. The van der Waals surface area contributed by atoms with Crippen LogP contribution in [-0.2, 0) is 4.74 Å². The number of carbonyl (C=O) groups is 1. The van der Waals surface area contributed by atoms with E-state index in [1.54, 1.807) is 6.92 Å². The zero-order chi connectivity index (χ0) is 14.1. The average Bonchev–Trinajstić information content (AvgIpc) is 2.57. The molecule has 0 spiro atoms. The number of rotatable bonds is 1. The molecule has 9 heteroatoms. The van der Waals surface area contributed by atoms with E-state index < -0.39 is 24.5 Å². The lowest BCUT2D eigenvalue weighted by molar-refractivity contribution is -0.308. The first-order valence-electron chi connectivity index (χ1n) is 5.11. The highest BCUT2D eigenvalue weighted by Gasteiger charge is 2.60. The Bertz CT molecular complexity index is 299. The second kappa shape index (κ2) is 4.85. The smallest absolute Gasteiger partial charge is 0.426 e. The van der Waals surface area contributed by atoms with E-state index in [-0.39, 0.29) is 19.0 Å². The summed E-state index contributed by atoms with van der Waals surface area (Å²) in [5.41, 5.74) is 0. The predicted octanol–water partition coefficient (Wildman–Crippen LogP) is 2.96. The number of halogens is 6. The fourth-order valence-corrected chi connectivity index (χ4v) is 1.60. The number of alkyl halides is 6. The molecule has 0 bridgehead atoms. The number of nitrogens with zero attached hydrogens (tertiary/aromatic N) is 1. The van der Waals surface area contributed by atoms with Crippen LogP contribution in [0.3, 0.4) is 0 Å². The lowest BCUT2D eigenvalue weighted by Crippen LogP contribution is -2.47. The van der Waals surface area contributed by atoms with Crippen molar-refractivity contribution < 1.29 is 35.9 Å². The van der Waals surface area contributed by atoms with E-state index in [0.717, 1.165) is 4.90 Å². The highest BCUT2D eigenvalue weighted by Crippen LogP contribution is 2.36. The monoisotopic (exact) mass is 279 g/mol. The molecule has 0 radical (unpaired) electrons. The predicted molar refractivity (Wildman–Crippen MR) is 47.7 cm³/mol. The second-order valence-electron chi connectivity index (χ2n) is 4.19. The van der Waals surface area contributed by atoms with E-state index >= 15 is 0 Å². The minimum atomic E-state index is -5.67. The van der Waals surface area contributed by atoms with Gasteiger partial charge in [0.15, 0.2) is 0 Å². The van der Waals surface area contributed by atoms with Gasteiger partial charge in [-0.25, -0.2) is 4.79 Å². The lowest BCUT2D eigenvalue weighted by Gasteiger charge is -2.25. The Kier molecular flexibility index (Phi) is 4.02. The van der Waals surface area contributed by atoms with Crippen molar-refractivity contribution in [1.29, 1.82) is 0 Å². The van der Waals surface area contributed by atoms with Gasteiger partial charge in [0.05, 0.1) is 0 Å². The van der Waals surface area contributed by atoms with Crippen LogP contribution in [0.4, 0.5) is 31.1 Å². The van der Waals surface area contributed by atoms with Crippen LogP contribution in [-0.4, -0.2) is 42.5 Å². The molecule has 1 fully saturated rings. The third kappa shape index (κ3) is 3.67. The summed E-state index contributed by atoms with van der Waals surface area (Å²) in [6, 6.07) is 0. The number of carbonyl (C=O) groups excluding carboxylic acids is 1. The molecule has 1 saturated heterocycles. The zero-order valence-corrected chi connectivity index (χ0v) is 9.31. The summed E-state index contributed by atoms with van der Waals surface area (Å²) in [6.07, 6.45) is -16.5. The minimum Gasteiger partial charge on any atom is -0.426 e. The molecule has 1 aliphatic rings. The van der Waals surface area contributed by atoms with Gasteiger partial charge >= 0.3 is 18.4 Å². The van der Waals surface area contributed by atoms with Crippen LogP contribution in [0.1, 0.15) is 13.3 Å². The third-order valence-corrected chi connectivity index (χ3v) is 2.50. The Labute approximate surface area is 98.7 Å². The standard InChI is InChI=1S/C9H11F6NO2/c1-5-2-3-16(4-5)7(17)18-6(8(10,11)12)9(13,14)15/h5-6H,2-4H2,1H3. The molecular formula is C9H11F6NO2. The summed E-state index contributed by atoms with van der Waals surface area (Å²) in [4.78, 5) is 12.0. The van der Waals surface area contributed by atoms with Crippen LogP contribution < -0.4 is 0 Å². The fraction of sp³-hybridized carbons (Fsp3) is 0.889. The molecule has 1 amide bonds. The highest BCUT2D eigenvalue weighted by molar-refractivity contribution is 5.68. The quantitative estimate of drug-likeness (QED) is 0.691. The first-order chi connectivity index (χ1) is 8.01. The SMILES string of the molecule is CC1CCN(C(=O)OC(C(F)(F)F)C(F)(F)F)C1. The molecule has 1 aliphatic heterocycles. The molecule has 106 valence electrons. The minimum absolute atomic E-state index is 0.0350. The normalized spacial score (nSPS) is 21.6. The third-order valence-electron chi connectivity index (χ3n) is 2.50. The number of likely N-dealkylation sites (tertiary alicyclic amines) is 1. The van der Waals surface area contributed by atoms with Crippen LogP contribution in [0.2, 0.25) is 0 Å². The van der Waals surface area contributed by atoms with Gasteiger partial charge < -0.3 is 9.64 Å². The molecule has 0 aromatic rings. The number of amides is 1. The zero-order valence-electron chi connectivity index (χ0n) is 9.31. The first kappa shape index (κ1) is 14.9. The summed E-state index contributed by atoms with van der Waals surface area (Å²) >= 11 is 0. The maximum absolute atomic E-state index is 12.1. The molecule has 0 aliphatic carbocycles. The van der Waals surface area contributed by atoms with Gasteiger partial charge in [-0.2, -0.15) is 26.3 Å². The first-order valence-corrected chi connectivity index (χ1v) is 5.11. The van der Waals surface area contributed by atoms with Crippen molar-refractivity contribution in [2.24, 2.45) is 5.92 Å². The molecular weight excluding hydrogens is 268 g/mol. The fourth-order valence-electron chi connectivity index (χ4n) is 1.60. The number of hydrogen-bond donors (Lipinski definition) is 0. The Hall–Kier alpha value is -1.15. The Morgan fingerprint density at radius 3 is 2.06 bits per heavy atom. The Morgan fingerprint density at radius 1 is 1.22 bits per heavy atom. The summed E-state index contributed by atoms with van der Waals surface area (Å²) in [6.45, 7) is 1.93. The molecule has 0 aromatic carbocycles. The molecule has 0 aromatic heterocycles. The van der Waals surface area contributed by atoms with Crippen LogP contribution in [0.5, 0.6) is 0 Å². The van der Waals surface area contributed by atoms with Crippen molar-refractivity contribution in [3.63, 3.8) is 0 Å². The maximum Gasteiger partial charge on any atom is 0.434 e. The van der Waals surface area contributed by atoms with Crippen LogP contribution in [0, 0.1) is 5.92 Å². The van der Waals surface area contributed by atoms with Crippen LogP contribution in [0.25, 0.3) is 0 Å². The van der Waals surface area contributed by atoms with Crippen LogP contribution >= 0.6 is 0 Å². The summed E-state index contributed by atoms with van der Waals surface area (Å²) < 4.78 is 76.3. The van der Waals surface area contributed by atoms with Gasteiger partial charge in [0.2, 0.25) is 0 Å². The van der Waals surface area contributed by atoms with Gasteiger partial charge in [0.25, 0.3) is 6.10 Å². The van der Waals surface area contributed by atoms with E-state index in [2.05, 4.69) is 4.74 Å². The van der Waals surface area contributed by atoms with Gasteiger partial charge in [-0.15, -0.1) is 0 Å². The molecule has 1 heterocycles. The average molecular weight is 279 g/mol. The van der Waals surface area contributed by atoms with Crippen molar-refractivity contribution in [1.82, 2.24) is 4.90 Å². The number of hydrogen-bond acceptors (Lipinski definition) is 2. The van der Waals surface area contributed by atoms with Gasteiger partial charge in [-0.05, 0) is 12.3 Å². The maximum atomic E-state index is 12.1. The van der Waals surface area contributed by atoms with E-state index in [1.807, 2.05) is 0 Å². The topological polar surface area (TPSA) is 29.5 Å². The van der Waals surface area contributed by atoms with Crippen molar-refractivity contribution in [3.05, 3.63) is 0 Å². The van der Waals surface area contributed by atoms with E-state index in [9.17, 15) is 31.1 Å². The lowest BCUT2D eigenvalue weighted by atomic mass is 10.2. The van der Waals surface area contributed by atoms with Crippen LogP contribution in [0.15, 0.2) is 0 Å². The highest BCUT2D eigenvalue weighted by atomic mass is 19.4. The molecule has 1 atom stereocenters. The molecule has 1 rings (SSSR count). The van der Waals surface area contributed by atoms with E-state index in [0.29, 0.717) is 6.42 Å². The Balaban J connectivity index is 2.70. The van der Waals surface area contributed by atoms with E-state index in [4.69, 9.17) is 0 Å². The van der Waals surface area contributed by atoms with Gasteiger partial charge in [0.1, 0.15) is 0 Å². The summed E-state index contributed by atoms with van der Waals surface area (Å²) in [5, 5.41) is 0. The van der Waals surface area contributed by atoms with E-state index in [1.165, 1.54) is 0 Å². The van der Waals surface area contributed by atoms with Gasteiger partial charge in [-0.1, -0.05) is 6.92 Å². The molecule has 1 unspecified atom stereocenters. The molecule has 3 nitrogen and oxygen atoms in total. The van der Waals surface area contributed by atoms with Gasteiger partial charge in [0, 0.05) is 13.1 Å². The summed E-state index contributed by atoms with van der Waals surface area (Å²) in [7, 11) is 0.